The zero-order chi connectivity index (χ0) is 14.5. The number of phenolic OH excluding ortho intramolecular Hbond substituents is 1. The monoisotopic (exact) mass is 334 g/mol. The van der Waals surface area contributed by atoms with Crippen molar-refractivity contribution in [2.75, 3.05) is 0 Å². The van der Waals surface area contributed by atoms with Crippen molar-refractivity contribution >= 4 is 15.9 Å². The number of hydrogen-bond acceptors (Lipinski definition) is 3. The average Bonchev–Trinajstić information content (AvgIpc) is 3.00. The number of rotatable bonds is 1. The predicted molar refractivity (Wildman–Crippen MR) is 81.2 cm³/mol. The molecule has 3 rings (SSSR count). The number of aryl methyl sites for hydroxylation is 2. The Morgan fingerprint density at radius 3 is 1.90 bits per heavy atom. The molecule has 6 heteroatoms. The SMILES string of the molecule is Cn1ccc(-c2ccc(O)cc2)n1.Cn1ccc(Br)n1. The normalized spacial score (nSPS) is 9.95. The first-order valence-electron chi connectivity index (χ1n) is 5.99. The fourth-order valence-electron chi connectivity index (χ4n) is 1.59. The quantitative estimate of drug-likeness (QED) is 0.744. The second-order valence-corrected chi connectivity index (χ2v) is 5.05. The number of halogens is 1. The lowest BCUT2D eigenvalue weighted by Crippen LogP contribution is -1.87. The number of aromatic hydroxyl groups is 1. The van der Waals surface area contributed by atoms with Crippen molar-refractivity contribution in [2.24, 2.45) is 14.1 Å². The van der Waals surface area contributed by atoms with Crippen LogP contribution < -0.4 is 0 Å². The molecule has 0 saturated carbocycles. The van der Waals surface area contributed by atoms with Gasteiger partial charge < -0.3 is 5.11 Å². The van der Waals surface area contributed by atoms with Gasteiger partial charge in [-0.1, -0.05) is 0 Å². The Balaban J connectivity index is 0.000000178. The first-order valence-corrected chi connectivity index (χ1v) is 6.78. The molecule has 104 valence electrons. The maximum absolute atomic E-state index is 9.08. The van der Waals surface area contributed by atoms with Crippen molar-refractivity contribution in [3.8, 4) is 17.0 Å². The van der Waals surface area contributed by atoms with E-state index in [9.17, 15) is 0 Å². The predicted octanol–water partition coefficient (Wildman–Crippen LogP) is 2.98. The van der Waals surface area contributed by atoms with Gasteiger partial charge >= 0.3 is 0 Å². The fourth-order valence-corrected chi connectivity index (χ4v) is 1.96. The highest BCUT2D eigenvalue weighted by Gasteiger charge is 1.99. The van der Waals surface area contributed by atoms with E-state index in [2.05, 4.69) is 26.1 Å². The summed E-state index contributed by atoms with van der Waals surface area (Å²) in [5.74, 6) is 0.277. The van der Waals surface area contributed by atoms with Crippen LogP contribution in [0, 0.1) is 0 Å². The molecule has 1 N–H and O–H groups in total. The van der Waals surface area contributed by atoms with E-state index >= 15 is 0 Å². The Kier molecular flexibility index (Phi) is 4.57. The van der Waals surface area contributed by atoms with Crippen LogP contribution in [-0.4, -0.2) is 24.7 Å². The molecule has 0 spiro atoms. The molecular weight excluding hydrogens is 320 g/mol. The number of aromatic nitrogens is 4. The molecule has 3 aromatic rings. The van der Waals surface area contributed by atoms with Gasteiger partial charge in [0.15, 0.2) is 0 Å². The molecule has 20 heavy (non-hydrogen) atoms. The van der Waals surface area contributed by atoms with Gasteiger partial charge in [0.05, 0.1) is 5.69 Å². The molecule has 5 nitrogen and oxygen atoms in total. The first-order chi connectivity index (χ1) is 9.54. The van der Waals surface area contributed by atoms with Crippen LogP contribution in [0.5, 0.6) is 5.75 Å². The van der Waals surface area contributed by atoms with Crippen molar-refractivity contribution in [1.82, 2.24) is 19.6 Å². The van der Waals surface area contributed by atoms with Gasteiger partial charge in [-0.3, -0.25) is 9.36 Å². The molecule has 0 aliphatic carbocycles. The summed E-state index contributed by atoms with van der Waals surface area (Å²) in [6.07, 6.45) is 3.77. The van der Waals surface area contributed by atoms with Crippen molar-refractivity contribution in [3.63, 3.8) is 0 Å². The summed E-state index contributed by atoms with van der Waals surface area (Å²) in [4.78, 5) is 0. The third kappa shape index (κ3) is 3.96. The number of nitrogens with zero attached hydrogens (tertiary/aromatic N) is 4. The summed E-state index contributed by atoms with van der Waals surface area (Å²) in [5.41, 5.74) is 1.93. The van der Waals surface area contributed by atoms with Gasteiger partial charge in [0.25, 0.3) is 0 Å². The van der Waals surface area contributed by atoms with Crippen LogP contribution in [0.1, 0.15) is 0 Å². The highest BCUT2D eigenvalue weighted by molar-refractivity contribution is 9.10. The van der Waals surface area contributed by atoms with Gasteiger partial charge in [0.2, 0.25) is 0 Å². The molecule has 0 unspecified atom stereocenters. The lowest BCUT2D eigenvalue weighted by atomic mass is 10.1. The molecule has 0 radical (unpaired) electrons. The number of hydrogen-bond donors (Lipinski definition) is 1. The van der Waals surface area contributed by atoms with Crippen LogP contribution in [0.4, 0.5) is 0 Å². The molecule has 0 atom stereocenters. The van der Waals surface area contributed by atoms with Crippen LogP contribution in [0.25, 0.3) is 11.3 Å². The first kappa shape index (κ1) is 14.3. The Hall–Kier alpha value is -2.08. The van der Waals surface area contributed by atoms with Gasteiger partial charge in [0.1, 0.15) is 10.4 Å². The van der Waals surface area contributed by atoms with E-state index in [0.29, 0.717) is 0 Å². The standard InChI is InChI=1S/C10H10N2O.C4H5BrN2/c1-12-7-6-10(11-12)8-2-4-9(13)5-3-8;1-7-3-2-4(5)6-7/h2-7,13H,1H3;2-3H,1H3. The summed E-state index contributed by atoms with van der Waals surface area (Å²) in [6.45, 7) is 0. The summed E-state index contributed by atoms with van der Waals surface area (Å²) < 4.78 is 4.38. The van der Waals surface area contributed by atoms with E-state index in [0.717, 1.165) is 15.9 Å². The van der Waals surface area contributed by atoms with Crippen LogP contribution >= 0.6 is 15.9 Å². The molecule has 1 aromatic carbocycles. The Labute approximate surface area is 125 Å². The molecule has 0 aliphatic heterocycles. The maximum Gasteiger partial charge on any atom is 0.128 e. The Morgan fingerprint density at radius 1 is 0.900 bits per heavy atom. The highest BCUT2D eigenvalue weighted by Crippen LogP contribution is 2.19. The largest absolute Gasteiger partial charge is 0.508 e. The van der Waals surface area contributed by atoms with Crippen LogP contribution in [-0.2, 0) is 14.1 Å². The van der Waals surface area contributed by atoms with Gasteiger partial charge in [-0.25, -0.2) is 0 Å². The third-order valence-corrected chi connectivity index (χ3v) is 2.98. The van der Waals surface area contributed by atoms with E-state index in [1.807, 2.05) is 50.8 Å². The third-order valence-electron chi connectivity index (χ3n) is 2.56. The lowest BCUT2D eigenvalue weighted by molar-refractivity contribution is 0.475. The van der Waals surface area contributed by atoms with E-state index in [4.69, 9.17) is 5.11 Å². The second kappa shape index (κ2) is 6.38. The fraction of sp³-hybridized carbons (Fsp3) is 0.143. The molecule has 0 amide bonds. The van der Waals surface area contributed by atoms with Crippen molar-refractivity contribution in [1.29, 1.82) is 0 Å². The smallest absolute Gasteiger partial charge is 0.128 e. The molecule has 0 fully saturated rings. The Morgan fingerprint density at radius 2 is 1.50 bits per heavy atom. The molecule has 0 bridgehead atoms. The minimum absolute atomic E-state index is 0.277. The van der Waals surface area contributed by atoms with Crippen LogP contribution in [0.3, 0.4) is 0 Å². The molecular formula is C14H15BrN4O. The molecule has 0 aliphatic rings. The minimum atomic E-state index is 0.277. The zero-order valence-corrected chi connectivity index (χ0v) is 12.8. The number of benzene rings is 1. The van der Waals surface area contributed by atoms with E-state index < -0.39 is 0 Å². The van der Waals surface area contributed by atoms with E-state index in [1.165, 1.54) is 0 Å². The average molecular weight is 335 g/mol. The van der Waals surface area contributed by atoms with E-state index in [-0.39, 0.29) is 5.75 Å². The maximum atomic E-state index is 9.08. The highest BCUT2D eigenvalue weighted by atomic mass is 79.9. The van der Waals surface area contributed by atoms with Gasteiger partial charge in [-0.05, 0) is 52.3 Å². The summed E-state index contributed by atoms with van der Waals surface area (Å²) in [7, 11) is 3.76. The Bertz CT molecular complexity index is 656. The lowest BCUT2D eigenvalue weighted by Gasteiger charge is -1.95. The topological polar surface area (TPSA) is 55.9 Å². The van der Waals surface area contributed by atoms with E-state index in [1.54, 1.807) is 21.5 Å². The van der Waals surface area contributed by atoms with Gasteiger partial charge in [-0.15, -0.1) is 0 Å². The van der Waals surface area contributed by atoms with Crippen molar-refractivity contribution < 1.29 is 5.11 Å². The number of phenols is 1. The summed E-state index contributed by atoms with van der Waals surface area (Å²) >= 11 is 3.20. The minimum Gasteiger partial charge on any atom is -0.508 e. The summed E-state index contributed by atoms with van der Waals surface area (Å²) in [5, 5.41) is 17.3. The van der Waals surface area contributed by atoms with Crippen molar-refractivity contribution in [3.05, 3.63) is 53.4 Å². The molecule has 2 heterocycles. The van der Waals surface area contributed by atoms with Gasteiger partial charge in [-0.2, -0.15) is 10.2 Å². The van der Waals surface area contributed by atoms with Crippen molar-refractivity contribution in [2.45, 2.75) is 0 Å². The van der Waals surface area contributed by atoms with Crippen LogP contribution in [0.15, 0.2) is 53.4 Å². The summed E-state index contributed by atoms with van der Waals surface area (Å²) in [6, 6.07) is 10.8. The second-order valence-electron chi connectivity index (χ2n) is 4.23. The molecule has 0 saturated heterocycles. The zero-order valence-electron chi connectivity index (χ0n) is 11.2. The van der Waals surface area contributed by atoms with Crippen LogP contribution in [0.2, 0.25) is 0 Å². The molecule has 2 aromatic heterocycles. The van der Waals surface area contributed by atoms with Gasteiger partial charge in [0, 0.05) is 32.1 Å².